The molecule has 0 saturated carbocycles. The second kappa shape index (κ2) is 9.90. The SMILES string of the molecule is CN(CCCCOc1cc2ccccn2n1)C1CCN(Cc2ccccc2)CC1. The Kier molecular flexibility index (Phi) is 6.80. The van der Waals surface area contributed by atoms with E-state index in [1.807, 2.05) is 35.0 Å². The van der Waals surface area contributed by atoms with Crippen LogP contribution in [0.15, 0.2) is 60.8 Å². The van der Waals surface area contributed by atoms with Crippen LogP contribution in [0.3, 0.4) is 0 Å². The Morgan fingerprint density at radius 3 is 2.62 bits per heavy atom. The third kappa shape index (κ3) is 5.58. The van der Waals surface area contributed by atoms with Crippen molar-refractivity contribution >= 4 is 5.52 Å². The normalized spacial score (nSPS) is 15.9. The predicted molar refractivity (Wildman–Crippen MR) is 117 cm³/mol. The van der Waals surface area contributed by atoms with Gasteiger partial charge in [0, 0.05) is 24.8 Å². The smallest absolute Gasteiger partial charge is 0.233 e. The van der Waals surface area contributed by atoms with Gasteiger partial charge in [-0.2, -0.15) is 0 Å². The number of ether oxygens (including phenoxy) is 1. The van der Waals surface area contributed by atoms with E-state index in [-0.39, 0.29) is 0 Å². The molecular formula is C24H32N4O. The Bertz CT molecular complexity index is 838. The lowest BCUT2D eigenvalue weighted by Crippen LogP contribution is -2.43. The van der Waals surface area contributed by atoms with Gasteiger partial charge in [0.05, 0.1) is 12.1 Å². The van der Waals surface area contributed by atoms with Crippen LogP contribution in [-0.2, 0) is 6.54 Å². The predicted octanol–water partition coefficient (Wildman–Crippen LogP) is 4.09. The molecule has 5 heteroatoms. The average Bonchev–Trinajstić information content (AvgIpc) is 3.17. The molecule has 5 nitrogen and oxygen atoms in total. The molecular weight excluding hydrogens is 360 g/mol. The number of fused-ring (bicyclic) bond motifs is 1. The zero-order chi connectivity index (χ0) is 19.9. The maximum absolute atomic E-state index is 5.83. The molecule has 0 unspecified atom stereocenters. The maximum atomic E-state index is 5.83. The molecule has 1 saturated heterocycles. The summed E-state index contributed by atoms with van der Waals surface area (Å²) in [6.07, 6.45) is 6.70. The molecule has 0 bridgehead atoms. The van der Waals surface area contributed by atoms with Crippen LogP contribution in [-0.4, -0.2) is 58.7 Å². The van der Waals surface area contributed by atoms with Gasteiger partial charge in [-0.05, 0) is 70.1 Å². The summed E-state index contributed by atoms with van der Waals surface area (Å²) in [5.74, 6) is 0.718. The van der Waals surface area contributed by atoms with Crippen LogP contribution >= 0.6 is 0 Å². The summed E-state index contributed by atoms with van der Waals surface area (Å²) in [7, 11) is 2.28. The third-order valence-electron chi connectivity index (χ3n) is 5.93. The quantitative estimate of drug-likeness (QED) is 0.514. The number of benzene rings is 1. The minimum absolute atomic E-state index is 0.710. The van der Waals surface area contributed by atoms with Crippen molar-refractivity contribution in [3.63, 3.8) is 0 Å². The van der Waals surface area contributed by atoms with Gasteiger partial charge in [-0.1, -0.05) is 36.4 Å². The summed E-state index contributed by atoms with van der Waals surface area (Å²) in [5, 5.41) is 4.44. The van der Waals surface area contributed by atoms with Crippen molar-refractivity contribution in [3.05, 3.63) is 66.4 Å². The largest absolute Gasteiger partial charge is 0.477 e. The standard InChI is InChI=1S/C24H32N4O/c1-26(22-12-16-27(17-13-22)20-21-9-3-2-4-10-21)14-7-8-18-29-24-19-23-11-5-6-15-28(23)25-24/h2-6,9-11,15,19,22H,7-8,12-14,16-18,20H2,1H3. The fraction of sp³-hybridized carbons (Fsp3) is 0.458. The number of hydrogen-bond acceptors (Lipinski definition) is 4. The van der Waals surface area contributed by atoms with Crippen LogP contribution in [0.5, 0.6) is 5.88 Å². The van der Waals surface area contributed by atoms with E-state index in [0.717, 1.165) is 43.9 Å². The minimum Gasteiger partial charge on any atom is -0.477 e. The van der Waals surface area contributed by atoms with Gasteiger partial charge in [0.15, 0.2) is 0 Å². The fourth-order valence-electron chi connectivity index (χ4n) is 4.17. The van der Waals surface area contributed by atoms with E-state index in [4.69, 9.17) is 4.74 Å². The third-order valence-corrected chi connectivity index (χ3v) is 5.93. The van der Waals surface area contributed by atoms with E-state index in [9.17, 15) is 0 Å². The van der Waals surface area contributed by atoms with Crippen molar-refractivity contribution in [1.82, 2.24) is 19.4 Å². The summed E-state index contributed by atoms with van der Waals surface area (Å²) in [6.45, 7) is 5.34. The second-order valence-corrected chi connectivity index (χ2v) is 8.08. The first kappa shape index (κ1) is 19.9. The van der Waals surface area contributed by atoms with Crippen molar-refractivity contribution in [2.75, 3.05) is 33.3 Å². The van der Waals surface area contributed by atoms with Gasteiger partial charge in [0.25, 0.3) is 0 Å². The highest BCUT2D eigenvalue weighted by Crippen LogP contribution is 2.18. The van der Waals surface area contributed by atoms with Gasteiger partial charge in [0.2, 0.25) is 5.88 Å². The van der Waals surface area contributed by atoms with Crippen LogP contribution in [0, 0.1) is 0 Å². The Hall–Kier alpha value is -2.37. The topological polar surface area (TPSA) is 33.0 Å². The highest BCUT2D eigenvalue weighted by molar-refractivity contribution is 5.48. The Balaban J connectivity index is 1.11. The Morgan fingerprint density at radius 2 is 1.83 bits per heavy atom. The van der Waals surface area contributed by atoms with E-state index in [1.165, 1.54) is 31.5 Å². The highest BCUT2D eigenvalue weighted by Gasteiger charge is 2.22. The lowest BCUT2D eigenvalue weighted by Gasteiger charge is -2.36. The molecule has 1 aliphatic heterocycles. The number of hydrogen-bond donors (Lipinski definition) is 0. The number of nitrogens with zero attached hydrogens (tertiary/aromatic N) is 4. The van der Waals surface area contributed by atoms with Crippen LogP contribution < -0.4 is 4.74 Å². The first-order valence-corrected chi connectivity index (χ1v) is 10.8. The summed E-state index contributed by atoms with van der Waals surface area (Å²) >= 11 is 0. The summed E-state index contributed by atoms with van der Waals surface area (Å²) in [5.41, 5.74) is 2.49. The molecule has 1 fully saturated rings. The van der Waals surface area contributed by atoms with E-state index >= 15 is 0 Å². The molecule has 0 spiro atoms. The molecule has 0 atom stereocenters. The number of likely N-dealkylation sites (tertiary alicyclic amines) is 1. The maximum Gasteiger partial charge on any atom is 0.233 e. The van der Waals surface area contributed by atoms with Gasteiger partial charge in [-0.3, -0.25) is 4.90 Å². The number of aromatic nitrogens is 2. The van der Waals surface area contributed by atoms with Gasteiger partial charge in [-0.25, -0.2) is 4.52 Å². The Morgan fingerprint density at radius 1 is 1.03 bits per heavy atom. The average molecular weight is 393 g/mol. The van der Waals surface area contributed by atoms with Crippen LogP contribution in [0.2, 0.25) is 0 Å². The molecule has 0 amide bonds. The monoisotopic (exact) mass is 392 g/mol. The summed E-state index contributed by atoms with van der Waals surface area (Å²) in [4.78, 5) is 5.13. The summed E-state index contributed by atoms with van der Waals surface area (Å²) < 4.78 is 7.69. The zero-order valence-corrected chi connectivity index (χ0v) is 17.4. The van der Waals surface area contributed by atoms with E-state index < -0.39 is 0 Å². The van der Waals surface area contributed by atoms with Crippen molar-refractivity contribution in [2.45, 2.75) is 38.3 Å². The molecule has 1 aliphatic rings. The van der Waals surface area contributed by atoms with Gasteiger partial charge >= 0.3 is 0 Å². The Labute approximate surface area is 173 Å². The number of piperidine rings is 1. The molecule has 0 aliphatic carbocycles. The molecule has 2 aromatic heterocycles. The van der Waals surface area contributed by atoms with Gasteiger partial charge in [-0.15, -0.1) is 5.10 Å². The molecule has 3 aromatic rings. The van der Waals surface area contributed by atoms with Crippen molar-refractivity contribution in [1.29, 1.82) is 0 Å². The van der Waals surface area contributed by atoms with E-state index in [1.54, 1.807) is 0 Å². The number of unbranched alkanes of at least 4 members (excludes halogenated alkanes) is 1. The molecule has 154 valence electrons. The van der Waals surface area contributed by atoms with Crippen molar-refractivity contribution in [3.8, 4) is 5.88 Å². The lowest BCUT2D eigenvalue weighted by atomic mass is 10.0. The molecule has 3 heterocycles. The van der Waals surface area contributed by atoms with Crippen molar-refractivity contribution < 1.29 is 4.74 Å². The van der Waals surface area contributed by atoms with E-state index in [2.05, 4.69) is 52.3 Å². The number of pyridine rings is 1. The molecule has 1 aromatic carbocycles. The van der Waals surface area contributed by atoms with Crippen LogP contribution in [0.4, 0.5) is 0 Å². The highest BCUT2D eigenvalue weighted by atomic mass is 16.5. The second-order valence-electron chi connectivity index (χ2n) is 8.08. The summed E-state index contributed by atoms with van der Waals surface area (Å²) in [6, 6.07) is 19.6. The van der Waals surface area contributed by atoms with Gasteiger partial charge < -0.3 is 9.64 Å². The van der Waals surface area contributed by atoms with Crippen LogP contribution in [0.25, 0.3) is 5.52 Å². The molecule has 29 heavy (non-hydrogen) atoms. The lowest BCUT2D eigenvalue weighted by molar-refractivity contribution is 0.121. The van der Waals surface area contributed by atoms with Crippen molar-refractivity contribution in [2.24, 2.45) is 0 Å². The van der Waals surface area contributed by atoms with Gasteiger partial charge in [0.1, 0.15) is 0 Å². The first-order chi connectivity index (χ1) is 14.3. The van der Waals surface area contributed by atoms with Crippen LogP contribution in [0.1, 0.15) is 31.2 Å². The molecule has 0 radical (unpaired) electrons. The minimum atomic E-state index is 0.710. The number of rotatable bonds is 9. The fourth-order valence-corrected chi connectivity index (χ4v) is 4.17. The van der Waals surface area contributed by atoms with E-state index in [0.29, 0.717) is 6.04 Å². The first-order valence-electron chi connectivity index (χ1n) is 10.8. The zero-order valence-electron chi connectivity index (χ0n) is 17.4. The molecule has 4 rings (SSSR count). The molecule has 0 N–H and O–H groups in total.